The van der Waals surface area contributed by atoms with E-state index in [1.807, 2.05) is 0 Å². The molecule has 13 heavy (non-hydrogen) atoms. The zero-order valence-corrected chi connectivity index (χ0v) is 8.54. The molecule has 0 N–H and O–H groups in total. The first-order valence-corrected chi connectivity index (χ1v) is 5.59. The molecule has 74 valence electrons. The summed E-state index contributed by atoms with van der Waals surface area (Å²) in [4.78, 5) is 0. The molecule has 1 nitrogen and oxygen atoms in total. The topological polar surface area (TPSA) is 9.23 Å². The molecule has 0 aromatic carbocycles. The smallest absolute Gasteiger partial charge is 0.0500 e. The number of hydrogen-bond acceptors (Lipinski definition) is 1. The van der Waals surface area contributed by atoms with Crippen molar-refractivity contribution in [2.45, 2.75) is 32.6 Å². The Morgan fingerprint density at radius 1 is 1.15 bits per heavy atom. The second kappa shape index (κ2) is 4.28. The Hall–Kier alpha value is -0.300. The fraction of sp³-hybridized carbons (Fsp3) is 0.833. The minimum Gasteiger partial charge on any atom is -0.381 e. The molecule has 0 aromatic heterocycles. The number of hydrogen-bond donors (Lipinski definition) is 0. The highest BCUT2D eigenvalue weighted by atomic mass is 16.5. The average molecular weight is 180 g/mol. The molecule has 2 aliphatic rings. The van der Waals surface area contributed by atoms with E-state index in [2.05, 4.69) is 19.1 Å². The zero-order chi connectivity index (χ0) is 9.10. The Kier molecular flexibility index (Phi) is 3.05. The van der Waals surface area contributed by atoms with Crippen LogP contribution in [0.15, 0.2) is 12.2 Å². The van der Waals surface area contributed by atoms with Crippen LogP contribution in [0.2, 0.25) is 0 Å². The van der Waals surface area contributed by atoms with E-state index >= 15 is 0 Å². The molecule has 0 bridgehead atoms. The first-order valence-electron chi connectivity index (χ1n) is 5.59. The summed E-state index contributed by atoms with van der Waals surface area (Å²) < 4.78 is 5.73. The summed E-state index contributed by atoms with van der Waals surface area (Å²) in [5.74, 6) is 2.52. The highest BCUT2D eigenvalue weighted by molar-refractivity contribution is 4.93. The van der Waals surface area contributed by atoms with Gasteiger partial charge < -0.3 is 4.74 Å². The van der Waals surface area contributed by atoms with Crippen LogP contribution in [-0.2, 0) is 4.74 Å². The lowest BCUT2D eigenvalue weighted by Crippen LogP contribution is -2.20. The van der Waals surface area contributed by atoms with Crippen molar-refractivity contribution in [2.75, 3.05) is 13.2 Å². The lowest BCUT2D eigenvalue weighted by atomic mass is 9.85. The van der Waals surface area contributed by atoms with Crippen molar-refractivity contribution in [1.82, 2.24) is 0 Å². The van der Waals surface area contributed by atoms with Gasteiger partial charge in [-0.2, -0.15) is 0 Å². The van der Waals surface area contributed by atoms with E-state index < -0.39 is 0 Å². The maximum atomic E-state index is 5.73. The molecule has 2 unspecified atom stereocenters. The maximum Gasteiger partial charge on any atom is 0.0500 e. The van der Waals surface area contributed by atoms with Crippen molar-refractivity contribution in [1.29, 1.82) is 0 Å². The molecular formula is C12H20O. The standard InChI is InChI=1S/C12H20O/c1-10-4-2-3-5-12(10)9-13-8-11-6-7-11/h2-3,10-12H,4-9H2,1H3. The van der Waals surface area contributed by atoms with Gasteiger partial charge >= 0.3 is 0 Å². The summed E-state index contributed by atoms with van der Waals surface area (Å²) in [6.07, 6.45) is 9.90. The maximum absolute atomic E-state index is 5.73. The van der Waals surface area contributed by atoms with Crippen molar-refractivity contribution in [3.8, 4) is 0 Å². The van der Waals surface area contributed by atoms with Gasteiger partial charge in [-0.3, -0.25) is 0 Å². The molecule has 0 aromatic rings. The first kappa shape index (κ1) is 9.26. The van der Waals surface area contributed by atoms with Crippen LogP contribution in [0.4, 0.5) is 0 Å². The second-order valence-corrected chi connectivity index (χ2v) is 4.66. The summed E-state index contributed by atoms with van der Waals surface area (Å²) in [6, 6.07) is 0. The minimum absolute atomic E-state index is 0.781. The molecule has 0 radical (unpaired) electrons. The second-order valence-electron chi connectivity index (χ2n) is 4.66. The van der Waals surface area contributed by atoms with Crippen molar-refractivity contribution in [3.05, 3.63) is 12.2 Å². The third-order valence-electron chi connectivity index (χ3n) is 3.30. The lowest BCUT2D eigenvalue weighted by Gasteiger charge is -2.24. The quantitative estimate of drug-likeness (QED) is 0.604. The van der Waals surface area contributed by atoms with Gasteiger partial charge in [-0.05, 0) is 43.4 Å². The van der Waals surface area contributed by atoms with Crippen molar-refractivity contribution in [3.63, 3.8) is 0 Å². The molecule has 0 aliphatic heterocycles. The summed E-state index contributed by atoms with van der Waals surface area (Å²) in [7, 11) is 0. The molecule has 0 amide bonds. The fourth-order valence-electron chi connectivity index (χ4n) is 1.91. The Balaban J connectivity index is 1.64. The normalized spacial score (nSPS) is 33.6. The molecule has 0 heterocycles. The highest BCUT2D eigenvalue weighted by Crippen LogP contribution is 2.30. The summed E-state index contributed by atoms with van der Waals surface area (Å²) in [5, 5.41) is 0. The van der Waals surface area contributed by atoms with Gasteiger partial charge in [0.15, 0.2) is 0 Å². The van der Waals surface area contributed by atoms with E-state index in [0.29, 0.717) is 0 Å². The Morgan fingerprint density at radius 2 is 1.92 bits per heavy atom. The predicted octanol–water partition coefficient (Wildman–Crippen LogP) is 3.02. The monoisotopic (exact) mass is 180 g/mol. The summed E-state index contributed by atoms with van der Waals surface area (Å²) >= 11 is 0. The molecule has 0 saturated heterocycles. The van der Waals surface area contributed by atoms with E-state index in [0.717, 1.165) is 31.0 Å². The van der Waals surface area contributed by atoms with Crippen LogP contribution in [0.25, 0.3) is 0 Å². The van der Waals surface area contributed by atoms with Gasteiger partial charge in [0.1, 0.15) is 0 Å². The van der Waals surface area contributed by atoms with Crippen molar-refractivity contribution >= 4 is 0 Å². The molecule has 1 saturated carbocycles. The van der Waals surface area contributed by atoms with E-state index in [9.17, 15) is 0 Å². The third kappa shape index (κ3) is 2.84. The summed E-state index contributed by atoms with van der Waals surface area (Å²) in [6.45, 7) is 4.35. The van der Waals surface area contributed by atoms with Crippen LogP contribution < -0.4 is 0 Å². The van der Waals surface area contributed by atoms with Crippen LogP contribution in [0, 0.1) is 17.8 Å². The van der Waals surface area contributed by atoms with E-state index in [-0.39, 0.29) is 0 Å². The van der Waals surface area contributed by atoms with E-state index in [4.69, 9.17) is 4.74 Å². The minimum atomic E-state index is 0.781. The first-order chi connectivity index (χ1) is 6.36. The zero-order valence-electron chi connectivity index (χ0n) is 8.54. The largest absolute Gasteiger partial charge is 0.381 e. The highest BCUT2D eigenvalue weighted by Gasteiger charge is 2.23. The fourth-order valence-corrected chi connectivity index (χ4v) is 1.91. The molecule has 2 aliphatic carbocycles. The third-order valence-corrected chi connectivity index (χ3v) is 3.30. The molecule has 2 atom stereocenters. The summed E-state index contributed by atoms with van der Waals surface area (Å²) in [5.41, 5.74) is 0. The Labute approximate surface area is 81.2 Å². The molecule has 1 fully saturated rings. The molecule has 0 spiro atoms. The molecular weight excluding hydrogens is 160 g/mol. The Morgan fingerprint density at radius 3 is 2.62 bits per heavy atom. The van der Waals surface area contributed by atoms with Crippen molar-refractivity contribution < 1.29 is 4.74 Å². The van der Waals surface area contributed by atoms with Gasteiger partial charge in [-0.25, -0.2) is 0 Å². The van der Waals surface area contributed by atoms with Gasteiger partial charge in [0.25, 0.3) is 0 Å². The number of allylic oxidation sites excluding steroid dienone is 2. The van der Waals surface area contributed by atoms with Gasteiger partial charge in [0.2, 0.25) is 0 Å². The molecule has 1 heteroatoms. The van der Waals surface area contributed by atoms with Gasteiger partial charge in [-0.1, -0.05) is 19.1 Å². The van der Waals surface area contributed by atoms with Crippen LogP contribution in [0.3, 0.4) is 0 Å². The Bertz CT molecular complexity index is 182. The predicted molar refractivity (Wildman–Crippen MR) is 54.6 cm³/mol. The van der Waals surface area contributed by atoms with Gasteiger partial charge in [0.05, 0.1) is 0 Å². The van der Waals surface area contributed by atoms with Crippen molar-refractivity contribution in [2.24, 2.45) is 17.8 Å². The SMILES string of the molecule is CC1CC=CCC1COCC1CC1. The number of ether oxygens (including phenoxy) is 1. The lowest BCUT2D eigenvalue weighted by molar-refractivity contribution is 0.0723. The molecule has 2 rings (SSSR count). The average Bonchev–Trinajstić information content (AvgIpc) is 2.92. The van der Waals surface area contributed by atoms with Crippen LogP contribution >= 0.6 is 0 Å². The number of rotatable bonds is 4. The van der Waals surface area contributed by atoms with Crippen LogP contribution in [0.5, 0.6) is 0 Å². The van der Waals surface area contributed by atoms with Gasteiger partial charge in [0, 0.05) is 13.2 Å². The van der Waals surface area contributed by atoms with E-state index in [1.54, 1.807) is 0 Å². The van der Waals surface area contributed by atoms with Gasteiger partial charge in [-0.15, -0.1) is 0 Å². The van der Waals surface area contributed by atoms with Crippen LogP contribution in [-0.4, -0.2) is 13.2 Å². The van der Waals surface area contributed by atoms with E-state index in [1.165, 1.54) is 25.7 Å². The van der Waals surface area contributed by atoms with Crippen LogP contribution in [0.1, 0.15) is 32.6 Å².